The molecule has 1 aliphatic carbocycles. The summed E-state index contributed by atoms with van der Waals surface area (Å²) in [4.78, 5) is 16.3. The average molecular weight is 336 g/mol. The van der Waals surface area contributed by atoms with Crippen molar-refractivity contribution in [3.63, 3.8) is 0 Å². The Morgan fingerprint density at radius 2 is 1.96 bits per heavy atom. The third-order valence-electron chi connectivity index (χ3n) is 5.18. The first-order valence-corrected chi connectivity index (χ1v) is 9.93. The lowest BCUT2D eigenvalue weighted by Gasteiger charge is -2.29. The highest BCUT2D eigenvalue weighted by Gasteiger charge is 2.33. The van der Waals surface area contributed by atoms with Gasteiger partial charge in [0, 0.05) is 13.1 Å². The van der Waals surface area contributed by atoms with Gasteiger partial charge >= 0.3 is 0 Å². The Hall–Kier alpha value is -1.40. The second-order valence-electron chi connectivity index (χ2n) is 6.73. The summed E-state index contributed by atoms with van der Waals surface area (Å²) in [5.74, 6) is 0.466. The van der Waals surface area contributed by atoms with Gasteiger partial charge in [0.05, 0.1) is 24.1 Å². The van der Waals surface area contributed by atoms with Crippen LogP contribution in [0.3, 0.4) is 0 Å². The molecule has 0 N–H and O–H groups in total. The summed E-state index contributed by atoms with van der Waals surface area (Å²) in [7, 11) is 0.784. The van der Waals surface area contributed by atoms with E-state index in [-0.39, 0.29) is 36.0 Å². The zero-order valence-electron chi connectivity index (χ0n) is 13.7. The van der Waals surface area contributed by atoms with E-state index in [0.29, 0.717) is 6.42 Å². The van der Waals surface area contributed by atoms with Crippen LogP contribution in [-0.4, -0.2) is 62.3 Å². The molecule has 23 heavy (non-hydrogen) atoms. The molecule has 1 aliphatic heterocycles. The Morgan fingerprint density at radius 1 is 1.22 bits per heavy atom. The number of carbonyl (C=O) groups excluding carboxylic acids is 1. The largest absolute Gasteiger partial charge is 0.338 e. The highest BCUT2D eigenvalue weighted by molar-refractivity contribution is 7.91. The fourth-order valence-electron chi connectivity index (χ4n) is 3.69. The first kappa shape index (κ1) is 16.5. The van der Waals surface area contributed by atoms with Gasteiger partial charge in [-0.15, -0.1) is 0 Å². The number of amides is 1. The van der Waals surface area contributed by atoms with E-state index >= 15 is 0 Å². The van der Waals surface area contributed by atoms with E-state index < -0.39 is 9.84 Å². The van der Waals surface area contributed by atoms with Crippen molar-refractivity contribution in [2.24, 2.45) is 0 Å². The number of fused-ring (bicyclic) bond motifs is 1. The predicted molar refractivity (Wildman–Crippen MR) is 90.0 cm³/mol. The summed E-state index contributed by atoms with van der Waals surface area (Å²) >= 11 is 0. The van der Waals surface area contributed by atoms with Gasteiger partial charge in [0.2, 0.25) is 5.91 Å². The van der Waals surface area contributed by atoms with Gasteiger partial charge in [0.1, 0.15) is 0 Å². The fraction of sp³-hybridized carbons (Fsp3) is 0.588. The molecule has 1 heterocycles. The number of hydrogen-bond donors (Lipinski definition) is 0. The van der Waals surface area contributed by atoms with Crippen molar-refractivity contribution in [1.29, 1.82) is 0 Å². The smallest absolute Gasteiger partial charge is 0.237 e. The Labute approximate surface area is 138 Å². The molecule has 1 fully saturated rings. The zero-order chi connectivity index (χ0) is 16.6. The molecule has 0 saturated carbocycles. The van der Waals surface area contributed by atoms with Crippen molar-refractivity contribution in [3.8, 4) is 0 Å². The molecule has 6 heteroatoms. The Balaban J connectivity index is 1.63. The van der Waals surface area contributed by atoms with E-state index in [2.05, 4.69) is 12.1 Å². The molecule has 0 aromatic heterocycles. The number of benzene rings is 1. The molecule has 2 unspecified atom stereocenters. The van der Waals surface area contributed by atoms with Crippen molar-refractivity contribution < 1.29 is 13.2 Å². The number of aryl methyl sites for hydroxylation is 1. The fourth-order valence-corrected chi connectivity index (χ4v) is 5.49. The average Bonchev–Trinajstić information content (AvgIpc) is 3.09. The van der Waals surface area contributed by atoms with Gasteiger partial charge in [-0.2, -0.15) is 0 Å². The molecular formula is C17H24N2O3S. The Morgan fingerprint density at radius 3 is 2.65 bits per heavy atom. The highest BCUT2D eigenvalue weighted by Crippen LogP contribution is 2.34. The minimum atomic E-state index is -2.92. The summed E-state index contributed by atoms with van der Waals surface area (Å²) in [6.45, 7) is 0.273. The first-order valence-electron chi connectivity index (χ1n) is 8.11. The van der Waals surface area contributed by atoms with Crippen LogP contribution in [0.4, 0.5) is 0 Å². The lowest BCUT2D eigenvalue weighted by atomic mass is 10.1. The van der Waals surface area contributed by atoms with Crippen LogP contribution in [0.25, 0.3) is 0 Å². The van der Waals surface area contributed by atoms with Crippen LogP contribution < -0.4 is 0 Å². The second kappa shape index (κ2) is 6.24. The lowest BCUT2D eigenvalue weighted by molar-refractivity contribution is -0.133. The number of nitrogens with zero attached hydrogens (tertiary/aromatic N) is 2. The maximum Gasteiger partial charge on any atom is 0.237 e. The normalized spacial score (nSPS) is 25.5. The van der Waals surface area contributed by atoms with E-state index in [1.807, 2.05) is 36.0 Å². The Kier molecular flexibility index (Phi) is 4.47. The third kappa shape index (κ3) is 3.43. The Bertz CT molecular complexity index is 702. The van der Waals surface area contributed by atoms with Gasteiger partial charge in [0.25, 0.3) is 0 Å². The molecule has 1 aromatic carbocycles. The van der Waals surface area contributed by atoms with Crippen LogP contribution in [0.1, 0.15) is 30.0 Å². The topological polar surface area (TPSA) is 57.7 Å². The number of rotatable bonds is 4. The van der Waals surface area contributed by atoms with Gasteiger partial charge < -0.3 is 4.90 Å². The molecule has 2 aliphatic rings. The minimum Gasteiger partial charge on any atom is -0.338 e. The van der Waals surface area contributed by atoms with Crippen molar-refractivity contribution in [2.45, 2.75) is 31.3 Å². The van der Waals surface area contributed by atoms with Crippen LogP contribution in [-0.2, 0) is 21.1 Å². The highest BCUT2D eigenvalue weighted by atomic mass is 32.2. The van der Waals surface area contributed by atoms with Crippen LogP contribution in [0.5, 0.6) is 0 Å². The van der Waals surface area contributed by atoms with Gasteiger partial charge in [0.15, 0.2) is 9.84 Å². The van der Waals surface area contributed by atoms with Crippen molar-refractivity contribution >= 4 is 15.7 Å². The van der Waals surface area contributed by atoms with E-state index in [1.54, 1.807) is 0 Å². The third-order valence-corrected chi connectivity index (χ3v) is 6.93. The number of carbonyl (C=O) groups is 1. The lowest BCUT2D eigenvalue weighted by Crippen LogP contribution is -2.42. The van der Waals surface area contributed by atoms with Crippen molar-refractivity contribution in [1.82, 2.24) is 9.80 Å². The predicted octanol–water partition coefficient (Wildman–Crippen LogP) is 1.25. The number of hydrogen-bond acceptors (Lipinski definition) is 4. The van der Waals surface area contributed by atoms with Crippen LogP contribution >= 0.6 is 0 Å². The summed E-state index contributed by atoms with van der Waals surface area (Å²) < 4.78 is 23.2. The molecule has 0 radical (unpaired) electrons. The SMILES string of the molecule is CN(CC(=O)N(C)C1CCc2ccccc21)C1CCS(=O)(=O)C1. The van der Waals surface area contributed by atoms with Gasteiger partial charge in [-0.1, -0.05) is 24.3 Å². The van der Waals surface area contributed by atoms with E-state index in [4.69, 9.17) is 0 Å². The summed E-state index contributed by atoms with van der Waals surface area (Å²) in [5, 5.41) is 0. The first-order chi connectivity index (χ1) is 10.9. The van der Waals surface area contributed by atoms with Gasteiger partial charge in [-0.25, -0.2) is 8.42 Å². The minimum absolute atomic E-state index is 0.0341. The van der Waals surface area contributed by atoms with E-state index in [1.165, 1.54) is 11.1 Å². The van der Waals surface area contributed by atoms with Gasteiger partial charge in [-0.05, 0) is 37.4 Å². The molecule has 0 bridgehead atoms. The summed E-state index contributed by atoms with van der Waals surface area (Å²) in [5.41, 5.74) is 2.57. The molecule has 3 rings (SSSR count). The van der Waals surface area contributed by atoms with Crippen LogP contribution in [0.2, 0.25) is 0 Å². The summed E-state index contributed by atoms with van der Waals surface area (Å²) in [6.07, 6.45) is 2.60. The number of likely N-dealkylation sites (N-methyl/N-ethyl adjacent to an activating group) is 2. The zero-order valence-corrected chi connectivity index (χ0v) is 14.6. The molecule has 126 valence electrons. The monoisotopic (exact) mass is 336 g/mol. The quantitative estimate of drug-likeness (QED) is 0.830. The molecule has 0 spiro atoms. The summed E-state index contributed by atoms with van der Waals surface area (Å²) in [6, 6.07) is 8.39. The molecule has 5 nitrogen and oxygen atoms in total. The number of sulfone groups is 1. The molecule has 1 saturated heterocycles. The van der Waals surface area contributed by atoms with Crippen molar-refractivity contribution in [2.75, 3.05) is 32.1 Å². The van der Waals surface area contributed by atoms with E-state index in [9.17, 15) is 13.2 Å². The van der Waals surface area contributed by atoms with Crippen molar-refractivity contribution in [3.05, 3.63) is 35.4 Å². The molecule has 1 amide bonds. The molecular weight excluding hydrogens is 312 g/mol. The maximum absolute atomic E-state index is 12.6. The second-order valence-corrected chi connectivity index (χ2v) is 8.96. The maximum atomic E-state index is 12.6. The van der Waals surface area contributed by atoms with Gasteiger partial charge in [-0.3, -0.25) is 9.69 Å². The standard InChI is InChI=1S/C17H24N2O3S/c1-18(14-9-10-23(21,22)12-14)11-17(20)19(2)16-8-7-13-5-3-4-6-15(13)16/h3-6,14,16H,7-12H2,1-2H3. The van der Waals surface area contributed by atoms with E-state index in [0.717, 1.165) is 12.8 Å². The van der Waals surface area contributed by atoms with Crippen LogP contribution in [0, 0.1) is 0 Å². The molecule has 2 atom stereocenters. The molecule has 1 aromatic rings. The van der Waals surface area contributed by atoms with Crippen LogP contribution in [0.15, 0.2) is 24.3 Å².